The second kappa shape index (κ2) is 8.60. The maximum Gasteiger partial charge on any atom is 0.247 e. The zero-order chi connectivity index (χ0) is 20.4. The lowest BCUT2D eigenvalue weighted by Gasteiger charge is -2.42. The summed E-state index contributed by atoms with van der Waals surface area (Å²) in [7, 11) is 0. The molecule has 2 amide bonds. The number of carbonyl (C=O) groups excluding carboxylic acids is 2. The van der Waals surface area contributed by atoms with Gasteiger partial charge in [0.15, 0.2) is 0 Å². The Bertz CT molecular complexity index is 699. The number of hydrogen-bond acceptors (Lipinski definition) is 6. The number of hydrogen-bond donors (Lipinski definition) is 5. The molecule has 6 unspecified atom stereocenters. The van der Waals surface area contributed by atoms with Crippen molar-refractivity contribution in [2.45, 2.75) is 70.9 Å². The molecule has 3 rings (SSSR count). The van der Waals surface area contributed by atoms with E-state index in [1.54, 1.807) is 0 Å². The average Bonchev–Trinajstić information content (AvgIpc) is 2.64. The predicted molar refractivity (Wildman–Crippen MR) is 106 cm³/mol. The summed E-state index contributed by atoms with van der Waals surface area (Å²) >= 11 is 0. The van der Waals surface area contributed by atoms with Gasteiger partial charge in [-0.3, -0.25) is 20.2 Å². The van der Waals surface area contributed by atoms with Gasteiger partial charge >= 0.3 is 0 Å². The van der Waals surface area contributed by atoms with Crippen molar-refractivity contribution in [1.82, 2.24) is 26.6 Å². The van der Waals surface area contributed by atoms with Crippen LogP contribution < -0.4 is 26.6 Å². The van der Waals surface area contributed by atoms with Crippen LogP contribution in [0.25, 0.3) is 0 Å². The van der Waals surface area contributed by atoms with Gasteiger partial charge in [-0.2, -0.15) is 5.26 Å². The molecule has 0 radical (unpaired) electrons. The third-order valence-corrected chi connectivity index (χ3v) is 6.59. The highest BCUT2D eigenvalue weighted by Gasteiger charge is 2.39. The molecule has 28 heavy (non-hydrogen) atoms. The van der Waals surface area contributed by atoms with Crippen LogP contribution in [0.2, 0.25) is 0 Å². The summed E-state index contributed by atoms with van der Waals surface area (Å²) in [5.41, 5.74) is 1.63. The summed E-state index contributed by atoms with van der Waals surface area (Å²) in [5, 5.41) is 25.0. The van der Waals surface area contributed by atoms with Gasteiger partial charge in [-0.15, -0.1) is 0 Å². The summed E-state index contributed by atoms with van der Waals surface area (Å²) in [4.78, 5) is 25.3. The highest BCUT2D eigenvalue weighted by molar-refractivity contribution is 6.00. The molecule has 0 aliphatic carbocycles. The van der Waals surface area contributed by atoms with Gasteiger partial charge in [0.1, 0.15) is 6.17 Å². The van der Waals surface area contributed by atoms with Gasteiger partial charge in [-0.05, 0) is 40.7 Å². The van der Waals surface area contributed by atoms with Crippen LogP contribution in [0.4, 0.5) is 0 Å². The molecule has 3 aliphatic rings. The van der Waals surface area contributed by atoms with E-state index in [2.05, 4.69) is 39.6 Å². The zero-order valence-electron chi connectivity index (χ0n) is 17.1. The van der Waals surface area contributed by atoms with E-state index in [-0.39, 0.29) is 60.4 Å². The smallest absolute Gasteiger partial charge is 0.247 e. The molecular weight excluding hydrogens is 356 g/mol. The molecule has 0 aromatic rings. The predicted octanol–water partition coefficient (Wildman–Crippen LogP) is -0.259. The van der Waals surface area contributed by atoms with Crippen LogP contribution in [0.15, 0.2) is 11.1 Å². The minimum atomic E-state index is -0.355. The lowest BCUT2D eigenvalue weighted by Crippen LogP contribution is -2.61. The van der Waals surface area contributed by atoms with E-state index in [9.17, 15) is 9.59 Å². The fourth-order valence-corrected chi connectivity index (χ4v) is 4.96. The Hall–Kier alpha value is -1.95. The summed E-state index contributed by atoms with van der Waals surface area (Å²) in [6, 6.07) is 2.63. The highest BCUT2D eigenvalue weighted by Crippen LogP contribution is 2.32. The summed E-state index contributed by atoms with van der Waals surface area (Å²) in [6.45, 7) is 9.68. The van der Waals surface area contributed by atoms with E-state index >= 15 is 0 Å². The Morgan fingerprint density at radius 2 is 2.07 bits per heavy atom. The quantitative estimate of drug-likeness (QED) is 0.453. The topological polar surface area (TPSA) is 118 Å². The largest absolute Gasteiger partial charge is 0.353 e. The minimum absolute atomic E-state index is 0.0716. The van der Waals surface area contributed by atoms with Gasteiger partial charge in [0.2, 0.25) is 11.8 Å². The van der Waals surface area contributed by atoms with Gasteiger partial charge in [0.25, 0.3) is 0 Å². The van der Waals surface area contributed by atoms with Crippen molar-refractivity contribution in [3.05, 3.63) is 11.1 Å². The van der Waals surface area contributed by atoms with Crippen LogP contribution in [0.3, 0.4) is 0 Å². The Labute approximate surface area is 166 Å². The zero-order valence-corrected chi connectivity index (χ0v) is 17.1. The molecule has 0 saturated carbocycles. The number of amides is 2. The Balaban J connectivity index is 1.63. The van der Waals surface area contributed by atoms with Crippen molar-refractivity contribution >= 4 is 11.8 Å². The van der Waals surface area contributed by atoms with Crippen LogP contribution >= 0.6 is 0 Å². The van der Waals surface area contributed by atoms with Crippen LogP contribution in [0, 0.1) is 23.2 Å². The van der Waals surface area contributed by atoms with E-state index in [1.165, 1.54) is 0 Å². The van der Waals surface area contributed by atoms with Gasteiger partial charge < -0.3 is 16.0 Å². The first-order valence-electron chi connectivity index (χ1n) is 10.2. The van der Waals surface area contributed by atoms with Crippen molar-refractivity contribution in [2.75, 3.05) is 13.1 Å². The van der Waals surface area contributed by atoms with Crippen molar-refractivity contribution in [3.63, 3.8) is 0 Å². The molecule has 8 nitrogen and oxygen atoms in total. The molecule has 0 spiro atoms. The molecule has 3 aliphatic heterocycles. The van der Waals surface area contributed by atoms with Gasteiger partial charge in [0, 0.05) is 48.1 Å². The Morgan fingerprint density at radius 1 is 1.32 bits per heavy atom. The van der Waals surface area contributed by atoms with Crippen LogP contribution in [-0.4, -0.2) is 55.2 Å². The molecule has 8 heteroatoms. The molecule has 154 valence electrons. The normalized spacial score (nSPS) is 36.8. The first-order chi connectivity index (χ1) is 13.3. The fourth-order valence-electron chi connectivity index (χ4n) is 4.96. The van der Waals surface area contributed by atoms with E-state index in [0.717, 1.165) is 18.5 Å². The van der Waals surface area contributed by atoms with E-state index in [4.69, 9.17) is 5.26 Å². The summed E-state index contributed by atoms with van der Waals surface area (Å²) < 4.78 is 0. The summed E-state index contributed by atoms with van der Waals surface area (Å²) in [5.74, 6) is 0.153. The van der Waals surface area contributed by atoms with Crippen molar-refractivity contribution in [1.29, 1.82) is 5.26 Å². The number of nitrogens with zero attached hydrogens (tertiary/aromatic N) is 1. The SMILES string of the molecule is CC1=C(CC(=O)N[C@@H](C)C2CNC(C#N)NC2C)C(=O)NC2CCNC(C)C12. The molecule has 2 saturated heterocycles. The number of piperidine rings is 1. The maximum atomic E-state index is 12.7. The number of nitriles is 1. The number of nitrogens with one attached hydrogen (secondary N) is 5. The first-order valence-corrected chi connectivity index (χ1v) is 10.2. The van der Waals surface area contributed by atoms with Crippen molar-refractivity contribution < 1.29 is 9.59 Å². The monoisotopic (exact) mass is 388 g/mol. The van der Waals surface area contributed by atoms with Gasteiger partial charge in [0.05, 0.1) is 12.5 Å². The highest BCUT2D eigenvalue weighted by atomic mass is 16.2. The van der Waals surface area contributed by atoms with Crippen LogP contribution in [0.1, 0.15) is 40.5 Å². The molecule has 0 aromatic heterocycles. The number of carbonyl (C=O) groups is 2. The second-order valence-corrected chi connectivity index (χ2v) is 8.42. The Morgan fingerprint density at radius 3 is 2.75 bits per heavy atom. The molecule has 2 fully saturated rings. The lowest BCUT2D eigenvalue weighted by molar-refractivity contribution is -0.125. The van der Waals surface area contributed by atoms with E-state index in [1.807, 2.05) is 20.8 Å². The second-order valence-electron chi connectivity index (χ2n) is 8.42. The van der Waals surface area contributed by atoms with Crippen molar-refractivity contribution in [3.8, 4) is 6.07 Å². The number of fused-ring (bicyclic) bond motifs is 1. The average molecular weight is 389 g/mol. The molecule has 5 N–H and O–H groups in total. The first kappa shape index (κ1) is 20.8. The van der Waals surface area contributed by atoms with Gasteiger partial charge in [-0.25, -0.2) is 0 Å². The molecule has 7 atom stereocenters. The summed E-state index contributed by atoms with van der Waals surface area (Å²) in [6.07, 6.45) is 0.658. The third-order valence-electron chi connectivity index (χ3n) is 6.59. The molecule has 0 aromatic carbocycles. The lowest BCUT2D eigenvalue weighted by atomic mass is 9.76. The van der Waals surface area contributed by atoms with Crippen LogP contribution in [0.5, 0.6) is 0 Å². The maximum absolute atomic E-state index is 12.7. The van der Waals surface area contributed by atoms with E-state index in [0.29, 0.717) is 12.1 Å². The minimum Gasteiger partial charge on any atom is -0.353 e. The standard InChI is InChI=1S/C20H32N6O2/c1-10-14(20(28)26-16-5-6-22-13(4)19(10)16)7-18(27)25-12(3)15-9-23-17(8-21)24-11(15)2/h11-13,15-17,19,22-24H,5-7,9H2,1-4H3,(H,25,27)(H,26,28)/t11?,12-,13?,15?,16?,17?,19?/m0/s1. The number of rotatable bonds is 4. The molecule has 0 bridgehead atoms. The Kier molecular flexibility index (Phi) is 6.38. The van der Waals surface area contributed by atoms with Gasteiger partial charge in [-0.1, -0.05) is 5.57 Å². The third kappa shape index (κ3) is 4.22. The van der Waals surface area contributed by atoms with Crippen molar-refractivity contribution in [2.24, 2.45) is 11.8 Å². The fraction of sp³-hybridized carbons (Fsp3) is 0.750. The van der Waals surface area contributed by atoms with Crippen LogP contribution in [-0.2, 0) is 9.59 Å². The van der Waals surface area contributed by atoms with E-state index < -0.39 is 0 Å². The molecular formula is C20H32N6O2. The molecule has 3 heterocycles.